The van der Waals surface area contributed by atoms with E-state index in [2.05, 4.69) is 24.4 Å². The molecule has 1 aliphatic heterocycles. The zero-order valence-corrected chi connectivity index (χ0v) is 13.4. The van der Waals surface area contributed by atoms with Crippen LogP contribution in [0, 0.1) is 6.92 Å². The van der Waals surface area contributed by atoms with Crippen molar-refractivity contribution >= 4 is 23.4 Å². The molecule has 3 N–H and O–H groups in total. The number of hydrogen-bond donors (Lipinski definition) is 2. The lowest BCUT2D eigenvalue weighted by molar-refractivity contribution is 0.396. The van der Waals surface area contributed by atoms with Gasteiger partial charge in [-0.05, 0) is 39.4 Å². The smallest absolute Gasteiger partial charge is 0.0847 e. The minimum absolute atomic E-state index is 0.189. The first-order valence-corrected chi connectivity index (χ1v) is 8.20. The highest BCUT2D eigenvalue weighted by Crippen LogP contribution is 2.41. The summed E-state index contributed by atoms with van der Waals surface area (Å²) in [7, 11) is 0. The molecule has 1 saturated heterocycles. The molecule has 2 unspecified atom stereocenters. The van der Waals surface area contributed by atoms with Gasteiger partial charge in [-0.2, -0.15) is 16.9 Å². The van der Waals surface area contributed by atoms with Crippen LogP contribution in [0.2, 0.25) is 5.02 Å². The summed E-state index contributed by atoms with van der Waals surface area (Å²) in [6.45, 7) is 7.17. The summed E-state index contributed by atoms with van der Waals surface area (Å²) in [5.74, 6) is 7.01. The van der Waals surface area contributed by atoms with E-state index in [0.29, 0.717) is 0 Å². The largest absolute Gasteiger partial charge is 0.271 e. The van der Waals surface area contributed by atoms with Gasteiger partial charge in [0.05, 0.1) is 16.4 Å². The molecular weight excluding hydrogens is 280 g/mol. The Morgan fingerprint density at radius 2 is 2.37 bits per heavy atom. The van der Waals surface area contributed by atoms with Crippen molar-refractivity contribution in [3.8, 4) is 0 Å². The first-order chi connectivity index (χ1) is 9.01. The Labute approximate surface area is 124 Å². The van der Waals surface area contributed by atoms with Gasteiger partial charge in [0.1, 0.15) is 0 Å². The second-order valence-corrected chi connectivity index (χ2v) is 7.36. The molecule has 1 aliphatic rings. The maximum atomic E-state index is 6.39. The van der Waals surface area contributed by atoms with Gasteiger partial charge in [-0.1, -0.05) is 11.6 Å². The first kappa shape index (κ1) is 15.2. The van der Waals surface area contributed by atoms with Gasteiger partial charge in [-0.25, -0.2) is 0 Å². The molecule has 0 radical (unpaired) electrons. The Morgan fingerprint density at radius 1 is 1.63 bits per heavy atom. The second kappa shape index (κ2) is 6.04. The third-order valence-corrected chi connectivity index (χ3v) is 6.17. The van der Waals surface area contributed by atoms with E-state index in [1.165, 1.54) is 18.6 Å². The number of aromatic nitrogens is 2. The summed E-state index contributed by atoms with van der Waals surface area (Å²) in [6, 6.07) is 0.221. The van der Waals surface area contributed by atoms with Gasteiger partial charge in [0, 0.05) is 23.8 Å². The number of thioether (sulfide) groups is 1. The summed E-state index contributed by atoms with van der Waals surface area (Å²) in [5.41, 5.74) is 5.00. The summed E-state index contributed by atoms with van der Waals surface area (Å²) >= 11 is 8.39. The third-order valence-electron chi connectivity index (χ3n) is 4.04. The molecule has 6 heteroatoms. The maximum Gasteiger partial charge on any atom is 0.0847 e. The summed E-state index contributed by atoms with van der Waals surface area (Å²) in [5, 5.41) is 5.26. The molecule has 0 spiro atoms. The maximum absolute atomic E-state index is 6.39. The highest BCUT2D eigenvalue weighted by atomic mass is 35.5. The van der Waals surface area contributed by atoms with Crippen molar-refractivity contribution in [2.24, 2.45) is 5.84 Å². The number of nitrogens with zero attached hydrogens (tertiary/aromatic N) is 2. The average Bonchev–Trinajstić information content (AvgIpc) is 2.94. The molecule has 0 amide bonds. The predicted molar refractivity (Wildman–Crippen MR) is 82.6 cm³/mol. The van der Waals surface area contributed by atoms with Crippen molar-refractivity contribution in [3.63, 3.8) is 0 Å². The van der Waals surface area contributed by atoms with Crippen LogP contribution in [0.4, 0.5) is 0 Å². The van der Waals surface area contributed by atoms with Gasteiger partial charge in [-0.15, -0.1) is 0 Å². The summed E-state index contributed by atoms with van der Waals surface area (Å²) in [6.07, 6.45) is 3.29. The first-order valence-electron chi connectivity index (χ1n) is 6.83. The number of nitrogens with two attached hydrogens (primary N) is 1. The van der Waals surface area contributed by atoms with Crippen LogP contribution in [-0.2, 0) is 13.0 Å². The normalized spacial score (nSPS) is 24.9. The lowest BCUT2D eigenvalue weighted by atomic mass is 9.93. The molecule has 1 fully saturated rings. The van der Waals surface area contributed by atoms with Gasteiger partial charge in [-0.3, -0.25) is 16.0 Å². The molecule has 0 aliphatic carbocycles. The van der Waals surface area contributed by atoms with Crippen LogP contribution in [0.25, 0.3) is 0 Å². The average molecular weight is 303 g/mol. The van der Waals surface area contributed by atoms with Crippen molar-refractivity contribution in [1.82, 2.24) is 15.2 Å². The van der Waals surface area contributed by atoms with E-state index in [1.807, 2.05) is 23.4 Å². The van der Waals surface area contributed by atoms with Gasteiger partial charge < -0.3 is 0 Å². The minimum atomic E-state index is 0.189. The van der Waals surface area contributed by atoms with Crippen molar-refractivity contribution in [3.05, 3.63) is 16.4 Å². The third kappa shape index (κ3) is 2.94. The zero-order valence-electron chi connectivity index (χ0n) is 11.9. The SMILES string of the molecule is CCn1nc(C)c(Cl)c1CC(NN)C1(C)CCCS1. The van der Waals surface area contributed by atoms with Crippen LogP contribution in [0.5, 0.6) is 0 Å². The standard InChI is InChI=1S/C13H23ClN4S/c1-4-18-10(12(14)9(2)17-18)8-11(16-15)13(3)6-5-7-19-13/h11,16H,4-8,15H2,1-3H3. The Morgan fingerprint density at radius 3 is 2.89 bits per heavy atom. The van der Waals surface area contributed by atoms with E-state index in [1.54, 1.807) is 0 Å². The van der Waals surface area contributed by atoms with E-state index >= 15 is 0 Å². The van der Waals surface area contributed by atoms with Crippen molar-refractivity contribution in [2.45, 2.75) is 57.4 Å². The number of rotatable bonds is 5. The highest BCUT2D eigenvalue weighted by molar-refractivity contribution is 8.00. The fourth-order valence-corrected chi connectivity index (χ4v) is 4.39. The van der Waals surface area contributed by atoms with Crippen LogP contribution < -0.4 is 11.3 Å². The van der Waals surface area contributed by atoms with Crippen LogP contribution in [-0.4, -0.2) is 26.3 Å². The van der Waals surface area contributed by atoms with Crippen LogP contribution in [0.3, 0.4) is 0 Å². The second-order valence-electron chi connectivity index (χ2n) is 5.35. The Kier molecular flexibility index (Phi) is 4.82. The highest BCUT2D eigenvalue weighted by Gasteiger charge is 2.38. The molecule has 1 aromatic rings. The molecule has 0 aromatic carbocycles. The van der Waals surface area contributed by atoms with Crippen molar-refractivity contribution in [1.29, 1.82) is 0 Å². The molecule has 19 heavy (non-hydrogen) atoms. The molecular formula is C13H23ClN4S. The van der Waals surface area contributed by atoms with Crippen molar-refractivity contribution < 1.29 is 0 Å². The molecule has 0 saturated carbocycles. The number of halogens is 1. The molecule has 0 bridgehead atoms. The lowest BCUT2D eigenvalue weighted by Crippen LogP contribution is -2.50. The van der Waals surface area contributed by atoms with Gasteiger partial charge in [0.2, 0.25) is 0 Å². The van der Waals surface area contributed by atoms with Gasteiger partial charge in [0.15, 0.2) is 0 Å². The van der Waals surface area contributed by atoms with Crippen molar-refractivity contribution in [2.75, 3.05) is 5.75 Å². The molecule has 2 rings (SSSR count). The Bertz CT molecular complexity index is 440. The number of aryl methyl sites for hydroxylation is 2. The van der Waals surface area contributed by atoms with E-state index in [0.717, 1.165) is 29.4 Å². The Balaban J connectivity index is 2.23. The van der Waals surface area contributed by atoms with E-state index in [9.17, 15) is 0 Å². The number of hydrogen-bond acceptors (Lipinski definition) is 4. The molecule has 4 nitrogen and oxygen atoms in total. The van der Waals surface area contributed by atoms with E-state index < -0.39 is 0 Å². The number of nitrogens with one attached hydrogen (secondary N) is 1. The van der Waals surface area contributed by atoms with E-state index in [4.69, 9.17) is 17.4 Å². The molecule has 108 valence electrons. The summed E-state index contributed by atoms with van der Waals surface area (Å²) < 4.78 is 2.18. The van der Waals surface area contributed by atoms with Crippen LogP contribution >= 0.6 is 23.4 Å². The molecule has 2 atom stereocenters. The molecule has 1 aromatic heterocycles. The fraction of sp³-hybridized carbons (Fsp3) is 0.769. The van der Waals surface area contributed by atoms with Gasteiger partial charge in [0.25, 0.3) is 0 Å². The van der Waals surface area contributed by atoms with Crippen LogP contribution in [0.15, 0.2) is 0 Å². The van der Waals surface area contributed by atoms with Crippen LogP contribution in [0.1, 0.15) is 38.1 Å². The fourth-order valence-electron chi connectivity index (χ4n) is 2.78. The monoisotopic (exact) mass is 302 g/mol. The molecule has 2 heterocycles. The minimum Gasteiger partial charge on any atom is -0.271 e. The Hall–Kier alpha value is -0.230. The van der Waals surface area contributed by atoms with E-state index in [-0.39, 0.29) is 10.8 Å². The lowest BCUT2D eigenvalue weighted by Gasteiger charge is -2.33. The zero-order chi connectivity index (χ0) is 14.0. The predicted octanol–water partition coefficient (Wildman–Crippen LogP) is 2.52. The quantitative estimate of drug-likeness (QED) is 0.648. The summed E-state index contributed by atoms with van der Waals surface area (Å²) in [4.78, 5) is 0. The topological polar surface area (TPSA) is 55.9 Å². The number of hydrazine groups is 1. The van der Waals surface area contributed by atoms with Gasteiger partial charge >= 0.3 is 0 Å².